The monoisotopic (exact) mass is 411 g/mol. The summed E-state index contributed by atoms with van der Waals surface area (Å²) in [5, 5.41) is 2.13. The number of fused-ring (bicyclic) bond motifs is 1. The predicted molar refractivity (Wildman–Crippen MR) is 105 cm³/mol. The molecule has 0 saturated heterocycles. The van der Waals surface area contributed by atoms with Crippen molar-refractivity contribution in [1.29, 1.82) is 0 Å². The molecule has 0 amide bonds. The average molecular weight is 412 g/mol. The number of hydrogen-bond donors (Lipinski definition) is 2. The van der Waals surface area contributed by atoms with E-state index in [0.29, 0.717) is 39.8 Å². The molecule has 0 atom stereocenters. The van der Waals surface area contributed by atoms with Gasteiger partial charge in [0.15, 0.2) is 10.7 Å². The number of anilines is 2. The fraction of sp³-hybridized carbons (Fsp3) is 0.267. The summed E-state index contributed by atoms with van der Waals surface area (Å²) in [5.74, 6) is 1.16. The number of rotatable bonds is 7. The normalized spacial score (nSPS) is 11.8. The highest BCUT2D eigenvalue weighted by Crippen LogP contribution is 2.27. The Balaban J connectivity index is 1.71. The van der Waals surface area contributed by atoms with Crippen molar-refractivity contribution in [3.63, 3.8) is 0 Å². The summed E-state index contributed by atoms with van der Waals surface area (Å²) in [6, 6.07) is 3.56. The van der Waals surface area contributed by atoms with Crippen molar-refractivity contribution < 1.29 is 12.8 Å². The van der Waals surface area contributed by atoms with Crippen molar-refractivity contribution >= 4 is 56.0 Å². The fourth-order valence-corrected chi connectivity index (χ4v) is 4.09. The van der Waals surface area contributed by atoms with Crippen LogP contribution in [0, 0.1) is 0 Å². The number of nitrogen functional groups attached to an aromatic ring is 1. The Morgan fingerprint density at radius 1 is 1.31 bits per heavy atom. The van der Waals surface area contributed by atoms with Crippen LogP contribution in [-0.2, 0) is 16.4 Å². The minimum atomic E-state index is -3.38. The van der Waals surface area contributed by atoms with Crippen LogP contribution >= 0.6 is 23.5 Å². The first-order valence-electron chi connectivity index (χ1n) is 7.49. The van der Waals surface area contributed by atoms with Gasteiger partial charge in [-0.3, -0.25) is 9.71 Å². The molecular weight excluding hydrogens is 394 g/mol. The van der Waals surface area contributed by atoms with E-state index < -0.39 is 10.0 Å². The van der Waals surface area contributed by atoms with E-state index in [-0.39, 0.29) is 0 Å². The first-order valence-corrected chi connectivity index (χ1v) is 11.6. The maximum atomic E-state index is 11.4. The van der Waals surface area contributed by atoms with Crippen LogP contribution in [0.2, 0.25) is 0 Å². The summed E-state index contributed by atoms with van der Waals surface area (Å²) < 4.78 is 30.6. The van der Waals surface area contributed by atoms with Crippen LogP contribution in [0.3, 0.4) is 0 Å². The molecule has 0 unspecified atom stereocenters. The number of sulfonamides is 1. The first kappa shape index (κ1) is 18.8. The van der Waals surface area contributed by atoms with Gasteiger partial charge in [0.2, 0.25) is 10.0 Å². The largest absolute Gasteiger partial charge is 0.460 e. The Morgan fingerprint density at radius 2 is 2.12 bits per heavy atom. The number of pyridine rings is 1. The van der Waals surface area contributed by atoms with Crippen molar-refractivity contribution in [3.05, 3.63) is 30.3 Å². The van der Waals surface area contributed by atoms with Crippen LogP contribution in [0.4, 0.5) is 11.5 Å². The number of aryl methyl sites for hydroxylation is 1. The molecule has 3 rings (SSSR count). The minimum absolute atomic E-state index is 0.405. The molecule has 0 fully saturated rings. The zero-order valence-corrected chi connectivity index (χ0v) is 16.5. The smallest absolute Gasteiger partial charge is 0.229 e. The third kappa shape index (κ3) is 4.80. The van der Waals surface area contributed by atoms with Crippen LogP contribution in [0.25, 0.3) is 11.0 Å². The van der Waals surface area contributed by atoms with Gasteiger partial charge in [0.05, 0.1) is 18.1 Å². The summed E-state index contributed by atoms with van der Waals surface area (Å²) in [6.07, 6.45) is 6.65. The SMILES string of the molecule is CSc1cc(N)nc(SCCc2cc3c(NS(C)(=O)=O)coc3cn2)n1. The molecule has 3 aromatic heterocycles. The molecule has 138 valence electrons. The molecular formula is C15H17N5O3S3. The van der Waals surface area contributed by atoms with Gasteiger partial charge >= 0.3 is 0 Å². The van der Waals surface area contributed by atoms with Gasteiger partial charge in [-0.05, 0) is 18.7 Å². The summed E-state index contributed by atoms with van der Waals surface area (Å²) >= 11 is 3.00. The number of nitrogens with zero attached hydrogens (tertiary/aromatic N) is 3. The molecule has 0 aliphatic heterocycles. The van der Waals surface area contributed by atoms with E-state index in [1.54, 1.807) is 12.3 Å². The lowest BCUT2D eigenvalue weighted by Gasteiger charge is -2.04. The zero-order chi connectivity index (χ0) is 18.7. The topological polar surface area (TPSA) is 124 Å². The zero-order valence-electron chi connectivity index (χ0n) is 14.1. The summed E-state index contributed by atoms with van der Waals surface area (Å²) in [5.41, 5.74) is 7.52. The standard InChI is InChI=1S/C15H17N5O3S3/c1-24-14-6-13(16)18-15(19-14)25-4-3-9-5-10-11(20-26(2,21)22)8-23-12(10)7-17-9/h5-8,20H,3-4H2,1-2H3,(H2,16,18,19). The Labute approximate surface area is 159 Å². The molecule has 0 aliphatic rings. The van der Waals surface area contributed by atoms with E-state index in [1.165, 1.54) is 29.8 Å². The van der Waals surface area contributed by atoms with Crippen molar-refractivity contribution in [3.8, 4) is 0 Å². The number of thioether (sulfide) groups is 2. The van der Waals surface area contributed by atoms with Gasteiger partial charge in [-0.1, -0.05) is 11.8 Å². The highest BCUT2D eigenvalue weighted by molar-refractivity contribution is 7.99. The van der Waals surface area contributed by atoms with E-state index in [9.17, 15) is 8.42 Å². The van der Waals surface area contributed by atoms with Gasteiger partial charge in [-0.15, -0.1) is 11.8 Å². The molecule has 3 heterocycles. The van der Waals surface area contributed by atoms with Crippen LogP contribution in [0.5, 0.6) is 0 Å². The third-order valence-electron chi connectivity index (χ3n) is 3.31. The fourth-order valence-electron chi connectivity index (χ4n) is 2.23. The van der Waals surface area contributed by atoms with E-state index in [1.807, 2.05) is 12.3 Å². The van der Waals surface area contributed by atoms with Crippen LogP contribution < -0.4 is 10.5 Å². The van der Waals surface area contributed by atoms with Gasteiger partial charge in [-0.2, -0.15) is 0 Å². The summed E-state index contributed by atoms with van der Waals surface area (Å²) in [4.78, 5) is 13.0. The minimum Gasteiger partial charge on any atom is -0.460 e. The molecule has 0 spiro atoms. The quantitative estimate of drug-likeness (QED) is 0.343. The third-order valence-corrected chi connectivity index (χ3v) is 5.38. The highest BCUT2D eigenvalue weighted by Gasteiger charge is 2.11. The van der Waals surface area contributed by atoms with Crippen LogP contribution in [-0.4, -0.2) is 41.6 Å². The highest BCUT2D eigenvalue weighted by atomic mass is 32.2. The lowest BCUT2D eigenvalue weighted by atomic mass is 10.2. The molecule has 0 bridgehead atoms. The van der Waals surface area contributed by atoms with Gasteiger partial charge in [0.1, 0.15) is 17.1 Å². The first-order chi connectivity index (χ1) is 12.3. The molecule has 26 heavy (non-hydrogen) atoms. The number of nitrogens with one attached hydrogen (secondary N) is 1. The predicted octanol–water partition coefficient (Wildman–Crippen LogP) is 2.63. The van der Waals surface area contributed by atoms with Crippen molar-refractivity contribution in [2.24, 2.45) is 0 Å². The molecule has 3 N–H and O–H groups in total. The Kier molecular flexibility index (Phi) is 5.58. The van der Waals surface area contributed by atoms with E-state index >= 15 is 0 Å². The number of aromatic nitrogens is 3. The second-order valence-electron chi connectivity index (χ2n) is 5.41. The van der Waals surface area contributed by atoms with Crippen molar-refractivity contribution in [2.45, 2.75) is 16.6 Å². The van der Waals surface area contributed by atoms with Gasteiger partial charge in [0, 0.05) is 22.9 Å². The summed E-state index contributed by atoms with van der Waals surface area (Å²) in [7, 11) is -3.38. The second kappa shape index (κ2) is 7.72. The maximum Gasteiger partial charge on any atom is 0.229 e. The Morgan fingerprint density at radius 3 is 2.85 bits per heavy atom. The van der Waals surface area contributed by atoms with Gasteiger partial charge in [0.25, 0.3) is 0 Å². The lowest BCUT2D eigenvalue weighted by Crippen LogP contribution is -2.09. The molecule has 0 saturated carbocycles. The van der Waals surface area contributed by atoms with E-state index in [4.69, 9.17) is 10.2 Å². The molecule has 0 radical (unpaired) electrons. The van der Waals surface area contributed by atoms with Crippen molar-refractivity contribution in [1.82, 2.24) is 15.0 Å². The molecule has 3 aromatic rings. The average Bonchev–Trinajstić information content (AvgIpc) is 2.95. The van der Waals surface area contributed by atoms with Crippen LogP contribution in [0.15, 0.2) is 39.2 Å². The Bertz CT molecular complexity index is 1040. The lowest BCUT2D eigenvalue weighted by molar-refractivity contribution is 0.604. The molecule has 0 aliphatic carbocycles. The number of furan rings is 1. The second-order valence-corrected chi connectivity index (χ2v) is 9.05. The molecule has 0 aromatic carbocycles. The number of hydrogen-bond acceptors (Lipinski definition) is 9. The van der Waals surface area contributed by atoms with E-state index in [0.717, 1.165) is 17.0 Å². The Hall–Kier alpha value is -1.98. The molecule has 8 nitrogen and oxygen atoms in total. The van der Waals surface area contributed by atoms with Crippen molar-refractivity contribution in [2.75, 3.05) is 28.7 Å². The molecule has 11 heteroatoms. The van der Waals surface area contributed by atoms with Crippen LogP contribution in [0.1, 0.15) is 5.69 Å². The maximum absolute atomic E-state index is 11.4. The van der Waals surface area contributed by atoms with E-state index in [2.05, 4.69) is 19.7 Å². The number of nitrogens with two attached hydrogens (primary N) is 1. The van der Waals surface area contributed by atoms with Gasteiger partial charge in [-0.25, -0.2) is 18.4 Å². The van der Waals surface area contributed by atoms with Gasteiger partial charge < -0.3 is 10.2 Å². The summed E-state index contributed by atoms with van der Waals surface area (Å²) in [6.45, 7) is 0.